The number of carbonyl (C=O) groups is 1. The molecule has 1 atom stereocenters. The van der Waals surface area contributed by atoms with Crippen molar-refractivity contribution in [1.29, 1.82) is 0 Å². The van der Waals surface area contributed by atoms with Crippen molar-refractivity contribution in [2.24, 2.45) is 0 Å². The lowest BCUT2D eigenvalue weighted by Crippen LogP contribution is -2.24. The first-order chi connectivity index (χ1) is 13.2. The van der Waals surface area contributed by atoms with Gasteiger partial charge in [0.25, 0.3) is 0 Å². The molecule has 0 spiro atoms. The van der Waals surface area contributed by atoms with E-state index in [9.17, 15) is 9.18 Å². The molecular weight excluding hydrogens is 377 g/mol. The van der Waals surface area contributed by atoms with E-state index in [1.807, 2.05) is 10.1 Å². The van der Waals surface area contributed by atoms with Gasteiger partial charge in [0.05, 0.1) is 41.2 Å². The fraction of sp³-hybridized carbons (Fsp3) is 0.381. The van der Waals surface area contributed by atoms with Crippen LogP contribution in [0.5, 0.6) is 0 Å². The SMILES string of the molecule is CCOC(=O)C(C)c1csc(-c2cnn(C(C)(C)C)c2-c2ccc(F)cc2)n1. The van der Waals surface area contributed by atoms with Gasteiger partial charge >= 0.3 is 5.97 Å². The van der Waals surface area contributed by atoms with Crippen LogP contribution in [0.4, 0.5) is 4.39 Å². The predicted molar refractivity (Wildman–Crippen MR) is 109 cm³/mol. The summed E-state index contributed by atoms with van der Waals surface area (Å²) in [7, 11) is 0. The molecule has 0 N–H and O–H groups in total. The van der Waals surface area contributed by atoms with Gasteiger partial charge in [-0.3, -0.25) is 9.48 Å². The molecule has 0 saturated heterocycles. The molecular formula is C21H24FN3O2S. The van der Waals surface area contributed by atoms with Crippen LogP contribution in [0, 0.1) is 5.82 Å². The van der Waals surface area contributed by atoms with E-state index in [4.69, 9.17) is 4.74 Å². The molecule has 0 bridgehead atoms. The van der Waals surface area contributed by atoms with Crippen LogP contribution >= 0.6 is 11.3 Å². The van der Waals surface area contributed by atoms with E-state index in [1.54, 1.807) is 32.2 Å². The third-order valence-corrected chi connectivity index (χ3v) is 5.25. The van der Waals surface area contributed by atoms with Crippen LogP contribution < -0.4 is 0 Å². The van der Waals surface area contributed by atoms with Crippen molar-refractivity contribution >= 4 is 17.3 Å². The van der Waals surface area contributed by atoms with E-state index in [2.05, 4.69) is 30.9 Å². The monoisotopic (exact) mass is 401 g/mol. The molecule has 0 aliphatic carbocycles. The second kappa shape index (κ2) is 7.83. The van der Waals surface area contributed by atoms with E-state index in [0.717, 1.165) is 21.8 Å². The van der Waals surface area contributed by atoms with E-state index in [0.29, 0.717) is 12.3 Å². The zero-order chi connectivity index (χ0) is 20.5. The van der Waals surface area contributed by atoms with Gasteiger partial charge in [-0.2, -0.15) is 5.10 Å². The van der Waals surface area contributed by atoms with E-state index in [-0.39, 0.29) is 17.3 Å². The highest BCUT2D eigenvalue weighted by molar-refractivity contribution is 7.13. The van der Waals surface area contributed by atoms with Gasteiger partial charge < -0.3 is 4.74 Å². The molecule has 3 aromatic rings. The summed E-state index contributed by atoms with van der Waals surface area (Å²) in [5.74, 6) is -1.01. The summed E-state index contributed by atoms with van der Waals surface area (Å²) in [6.45, 7) is 10.1. The summed E-state index contributed by atoms with van der Waals surface area (Å²) < 4.78 is 20.5. The number of carbonyl (C=O) groups excluding carboxylic acids is 1. The van der Waals surface area contributed by atoms with Crippen molar-refractivity contribution in [1.82, 2.24) is 14.8 Å². The number of halogens is 1. The molecule has 1 aromatic carbocycles. The number of nitrogens with zero attached hydrogens (tertiary/aromatic N) is 3. The number of benzene rings is 1. The highest BCUT2D eigenvalue weighted by atomic mass is 32.1. The molecule has 5 nitrogen and oxygen atoms in total. The number of thiazole rings is 1. The van der Waals surface area contributed by atoms with Crippen LogP contribution in [0.2, 0.25) is 0 Å². The number of aromatic nitrogens is 3. The second-order valence-electron chi connectivity index (χ2n) is 7.55. The highest BCUT2D eigenvalue weighted by Gasteiger charge is 2.26. The second-order valence-corrected chi connectivity index (χ2v) is 8.41. The average Bonchev–Trinajstić information content (AvgIpc) is 3.28. The van der Waals surface area contributed by atoms with Gasteiger partial charge in [-0.25, -0.2) is 9.37 Å². The minimum Gasteiger partial charge on any atom is -0.465 e. The summed E-state index contributed by atoms with van der Waals surface area (Å²) in [6.07, 6.45) is 1.78. The Kier molecular flexibility index (Phi) is 5.65. The van der Waals surface area contributed by atoms with Gasteiger partial charge in [0.15, 0.2) is 0 Å². The smallest absolute Gasteiger partial charge is 0.314 e. The van der Waals surface area contributed by atoms with Gasteiger partial charge in [-0.05, 0) is 58.9 Å². The summed E-state index contributed by atoms with van der Waals surface area (Å²) in [5, 5.41) is 7.22. The average molecular weight is 402 g/mol. The molecule has 0 amide bonds. The highest BCUT2D eigenvalue weighted by Crippen LogP contribution is 2.37. The van der Waals surface area contributed by atoms with Crippen LogP contribution in [0.3, 0.4) is 0 Å². The maximum Gasteiger partial charge on any atom is 0.314 e. The maximum absolute atomic E-state index is 13.4. The molecule has 2 heterocycles. The van der Waals surface area contributed by atoms with Crippen molar-refractivity contribution < 1.29 is 13.9 Å². The molecule has 0 aliphatic heterocycles. The van der Waals surface area contributed by atoms with Crippen molar-refractivity contribution in [3.63, 3.8) is 0 Å². The van der Waals surface area contributed by atoms with Gasteiger partial charge in [0, 0.05) is 10.9 Å². The van der Waals surface area contributed by atoms with Crippen molar-refractivity contribution in [2.45, 2.75) is 46.1 Å². The first-order valence-corrected chi connectivity index (χ1v) is 10.1. The number of hydrogen-bond acceptors (Lipinski definition) is 5. The molecule has 2 aromatic heterocycles. The van der Waals surface area contributed by atoms with E-state index < -0.39 is 5.92 Å². The summed E-state index contributed by atoms with van der Waals surface area (Å²) >= 11 is 1.46. The number of hydrogen-bond donors (Lipinski definition) is 0. The Morgan fingerprint density at radius 1 is 1.29 bits per heavy atom. The Morgan fingerprint density at radius 3 is 2.57 bits per heavy atom. The lowest BCUT2D eigenvalue weighted by Gasteiger charge is -2.23. The molecule has 3 rings (SSSR count). The molecule has 148 valence electrons. The molecule has 0 fully saturated rings. The minimum atomic E-state index is -0.433. The third kappa shape index (κ3) is 3.99. The Bertz CT molecular complexity index is 970. The van der Waals surface area contributed by atoms with Gasteiger partial charge in [-0.1, -0.05) is 0 Å². The molecule has 7 heteroatoms. The molecule has 28 heavy (non-hydrogen) atoms. The third-order valence-electron chi connectivity index (χ3n) is 4.36. The molecule has 0 aliphatic rings. The first kappa shape index (κ1) is 20.2. The largest absolute Gasteiger partial charge is 0.465 e. The maximum atomic E-state index is 13.4. The van der Waals surface area contributed by atoms with Crippen LogP contribution in [0.25, 0.3) is 21.8 Å². The van der Waals surface area contributed by atoms with Gasteiger partial charge in [-0.15, -0.1) is 11.3 Å². The predicted octanol–water partition coefficient (Wildman–Crippen LogP) is 5.23. The Hall–Kier alpha value is -2.54. The molecule has 0 radical (unpaired) electrons. The normalized spacial score (nSPS) is 12.8. The fourth-order valence-corrected chi connectivity index (χ4v) is 3.82. The molecule has 1 unspecified atom stereocenters. The van der Waals surface area contributed by atoms with Crippen molar-refractivity contribution in [3.8, 4) is 21.8 Å². The lowest BCUT2D eigenvalue weighted by molar-refractivity contribution is -0.144. The fourth-order valence-electron chi connectivity index (χ4n) is 2.90. The van der Waals surface area contributed by atoms with Crippen LogP contribution in [-0.4, -0.2) is 27.3 Å². The minimum absolute atomic E-state index is 0.264. The summed E-state index contributed by atoms with van der Waals surface area (Å²) in [5.41, 5.74) is 3.00. The van der Waals surface area contributed by atoms with Crippen LogP contribution in [0.1, 0.15) is 46.2 Å². The standard InChI is InChI=1S/C21H24FN3O2S/c1-6-27-20(26)13(2)17-12-28-19(24-17)16-11-23-25(21(3,4)5)18(16)14-7-9-15(22)10-8-14/h7-13H,6H2,1-5H3. The van der Waals surface area contributed by atoms with Crippen molar-refractivity contribution in [2.75, 3.05) is 6.61 Å². The van der Waals surface area contributed by atoms with Gasteiger partial charge in [0.2, 0.25) is 0 Å². The zero-order valence-electron chi connectivity index (χ0n) is 16.7. The lowest BCUT2D eigenvalue weighted by atomic mass is 10.0. The zero-order valence-corrected chi connectivity index (χ0v) is 17.5. The van der Waals surface area contributed by atoms with Crippen LogP contribution in [-0.2, 0) is 15.1 Å². The van der Waals surface area contributed by atoms with Gasteiger partial charge in [0.1, 0.15) is 10.8 Å². The molecule has 0 saturated carbocycles. The van der Waals surface area contributed by atoms with E-state index >= 15 is 0 Å². The van der Waals surface area contributed by atoms with Crippen LogP contribution in [0.15, 0.2) is 35.8 Å². The number of ether oxygens (including phenoxy) is 1. The Morgan fingerprint density at radius 2 is 1.96 bits per heavy atom. The number of rotatable bonds is 5. The first-order valence-electron chi connectivity index (χ1n) is 9.19. The quantitative estimate of drug-likeness (QED) is 0.549. The summed E-state index contributed by atoms with van der Waals surface area (Å²) in [6, 6.07) is 6.37. The Balaban J connectivity index is 2.07. The van der Waals surface area contributed by atoms with E-state index in [1.165, 1.54) is 23.5 Å². The Labute approximate surface area is 168 Å². The summed E-state index contributed by atoms with van der Waals surface area (Å²) in [4.78, 5) is 16.7. The number of esters is 1. The topological polar surface area (TPSA) is 57.0 Å². The van der Waals surface area contributed by atoms with Crippen molar-refractivity contribution in [3.05, 3.63) is 47.4 Å².